The van der Waals surface area contributed by atoms with E-state index >= 15 is 0 Å². The summed E-state index contributed by atoms with van der Waals surface area (Å²) < 4.78 is 5.50. The third-order valence-electron chi connectivity index (χ3n) is 4.30. The number of ether oxygens (including phenoxy) is 1. The smallest absolute Gasteiger partial charge is 0.337 e. The van der Waals surface area contributed by atoms with Gasteiger partial charge in [0.15, 0.2) is 6.61 Å². The fraction of sp³-hybridized carbons (Fsp3) is 0.263. The molecule has 1 fully saturated rings. The van der Waals surface area contributed by atoms with Crippen molar-refractivity contribution in [1.29, 1.82) is 0 Å². The molecule has 0 spiro atoms. The molecule has 1 heterocycles. The lowest BCUT2D eigenvalue weighted by molar-refractivity contribution is -0.133. The summed E-state index contributed by atoms with van der Waals surface area (Å²) >= 11 is 6.02. The van der Waals surface area contributed by atoms with E-state index in [-0.39, 0.29) is 18.1 Å². The number of para-hydroxylation sites is 2. The molecule has 26 heavy (non-hydrogen) atoms. The van der Waals surface area contributed by atoms with Crippen LogP contribution in [0, 0.1) is 0 Å². The third-order valence-corrected chi connectivity index (χ3v) is 4.61. The molecule has 0 aliphatic carbocycles. The van der Waals surface area contributed by atoms with E-state index in [1.165, 1.54) is 0 Å². The van der Waals surface area contributed by atoms with Crippen LogP contribution < -0.4 is 9.64 Å². The Labute approximate surface area is 156 Å². The second kappa shape index (κ2) is 8.10. The number of anilines is 1. The number of rotatable bonds is 5. The van der Waals surface area contributed by atoms with Crippen LogP contribution in [-0.2, 0) is 4.79 Å². The minimum Gasteiger partial charge on any atom is -0.482 e. The van der Waals surface area contributed by atoms with Gasteiger partial charge in [-0.1, -0.05) is 35.9 Å². The van der Waals surface area contributed by atoms with Crippen molar-refractivity contribution in [3.8, 4) is 5.75 Å². The van der Waals surface area contributed by atoms with E-state index in [4.69, 9.17) is 16.3 Å². The molecule has 1 amide bonds. The molecule has 1 N–H and O–H groups in total. The molecule has 0 unspecified atom stereocenters. The fourth-order valence-corrected chi connectivity index (χ4v) is 3.11. The van der Waals surface area contributed by atoms with Gasteiger partial charge in [-0.3, -0.25) is 4.79 Å². The van der Waals surface area contributed by atoms with E-state index in [1.807, 2.05) is 11.0 Å². The summed E-state index contributed by atoms with van der Waals surface area (Å²) in [5.74, 6) is -0.583. The topological polar surface area (TPSA) is 70.1 Å². The predicted octanol–water partition coefficient (Wildman–Crippen LogP) is 2.77. The Morgan fingerprint density at radius 2 is 1.65 bits per heavy atom. The highest BCUT2D eigenvalue weighted by Gasteiger charge is 2.24. The van der Waals surface area contributed by atoms with Crippen molar-refractivity contribution in [1.82, 2.24) is 4.90 Å². The van der Waals surface area contributed by atoms with Gasteiger partial charge in [0.2, 0.25) is 0 Å². The van der Waals surface area contributed by atoms with E-state index in [9.17, 15) is 14.7 Å². The van der Waals surface area contributed by atoms with Crippen LogP contribution in [0.3, 0.4) is 0 Å². The van der Waals surface area contributed by atoms with Crippen LogP contribution in [0.1, 0.15) is 10.4 Å². The molecule has 0 aromatic heterocycles. The first kappa shape index (κ1) is 18.1. The normalized spacial score (nSPS) is 14.2. The van der Waals surface area contributed by atoms with Gasteiger partial charge in [-0.25, -0.2) is 4.79 Å². The number of carboxylic acid groups (broad SMARTS) is 1. The van der Waals surface area contributed by atoms with Gasteiger partial charge >= 0.3 is 5.97 Å². The number of nitrogens with zero attached hydrogens (tertiary/aromatic N) is 2. The quantitative estimate of drug-likeness (QED) is 0.871. The second-order valence-corrected chi connectivity index (χ2v) is 6.32. The van der Waals surface area contributed by atoms with Crippen LogP contribution in [0.5, 0.6) is 5.75 Å². The number of carbonyl (C=O) groups excluding carboxylic acids is 1. The monoisotopic (exact) mass is 374 g/mol. The zero-order valence-corrected chi connectivity index (χ0v) is 14.9. The Hall–Kier alpha value is -2.73. The summed E-state index contributed by atoms with van der Waals surface area (Å²) in [6, 6.07) is 13.9. The van der Waals surface area contributed by atoms with Crippen LogP contribution in [0.2, 0.25) is 5.02 Å². The first-order valence-electron chi connectivity index (χ1n) is 8.28. The zero-order chi connectivity index (χ0) is 18.5. The first-order valence-corrected chi connectivity index (χ1v) is 8.66. The SMILES string of the molecule is O=C(O)c1ccccc1N1CCN(C(=O)COc2ccccc2Cl)CC1. The summed E-state index contributed by atoms with van der Waals surface area (Å²) in [6.45, 7) is 2.09. The molecule has 0 saturated carbocycles. The van der Waals surface area contributed by atoms with E-state index in [0.717, 1.165) is 0 Å². The maximum atomic E-state index is 12.3. The average molecular weight is 375 g/mol. The number of hydrogen-bond acceptors (Lipinski definition) is 4. The maximum absolute atomic E-state index is 12.3. The minimum absolute atomic E-state index is 0.0740. The molecule has 0 atom stereocenters. The number of aromatic carboxylic acids is 1. The number of piperazine rings is 1. The molecule has 1 aliphatic heterocycles. The highest BCUT2D eigenvalue weighted by molar-refractivity contribution is 6.32. The van der Waals surface area contributed by atoms with Crippen molar-refractivity contribution < 1.29 is 19.4 Å². The molecular formula is C19H19ClN2O4. The van der Waals surface area contributed by atoms with Crippen molar-refractivity contribution in [2.24, 2.45) is 0 Å². The lowest BCUT2D eigenvalue weighted by atomic mass is 10.1. The van der Waals surface area contributed by atoms with Gasteiger partial charge in [0.05, 0.1) is 16.3 Å². The van der Waals surface area contributed by atoms with Gasteiger partial charge in [0.1, 0.15) is 5.75 Å². The van der Waals surface area contributed by atoms with Crippen LogP contribution in [0.4, 0.5) is 5.69 Å². The number of benzene rings is 2. The summed E-state index contributed by atoms with van der Waals surface area (Å²) in [5, 5.41) is 9.79. The van der Waals surface area contributed by atoms with Crippen molar-refractivity contribution in [3.63, 3.8) is 0 Å². The number of amides is 1. The summed E-state index contributed by atoms with van der Waals surface area (Å²) in [7, 11) is 0. The second-order valence-electron chi connectivity index (χ2n) is 5.91. The van der Waals surface area contributed by atoms with Crippen molar-refractivity contribution in [3.05, 3.63) is 59.1 Å². The standard InChI is InChI=1S/C19H19ClN2O4/c20-15-6-2-4-8-17(15)26-13-18(23)22-11-9-21(10-12-22)16-7-3-1-5-14(16)19(24)25/h1-8H,9-13H2,(H,24,25). The molecular weight excluding hydrogens is 356 g/mol. The number of carboxylic acids is 1. The number of halogens is 1. The molecule has 2 aromatic carbocycles. The predicted molar refractivity (Wildman–Crippen MR) is 99.1 cm³/mol. The van der Waals surface area contributed by atoms with Gasteiger partial charge in [0, 0.05) is 26.2 Å². The van der Waals surface area contributed by atoms with Crippen molar-refractivity contribution in [2.45, 2.75) is 0 Å². The van der Waals surface area contributed by atoms with E-state index in [0.29, 0.717) is 42.6 Å². The molecule has 1 aliphatic rings. The van der Waals surface area contributed by atoms with Crippen LogP contribution in [0.25, 0.3) is 0 Å². The Bertz CT molecular complexity index is 804. The molecule has 0 radical (unpaired) electrons. The average Bonchev–Trinajstić information content (AvgIpc) is 2.67. The van der Waals surface area contributed by atoms with Gasteiger partial charge in [-0.2, -0.15) is 0 Å². The van der Waals surface area contributed by atoms with Gasteiger partial charge in [0.25, 0.3) is 5.91 Å². The molecule has 6 nitrogen and oxygen atoms in total. The van der Waals surface area contributed by atoms with Crippen molar-refractivity contribution >= 4 is 29.2 Å². The zero-order valence-electron chi connectivity index (χ0n) is 14.1. The van der Waals surface area contributed by atoms with Crippen molar-refractivity contribution in [2.75, 3.05) is 37.7 Å². The number of carbonyl (C=O) groups is 2. The Morgan fingerprint density at radius 3 is 2.35 bits per heavy atom. The van der Waals surface area contributed by atoms with Crippen LogP contribution in [0.15, 0.2) is 48.5 Å². The molecule has 1 saturated heterocycles. The van der Waals surface area contributed by atoms with Gasteiger partial charge < -0.3 is 19.6 Å². The lowest BCUT2D eigenvalue weighted by Gasteiger charge is -2.36. The molecule has 0 bridgehead atoms. The fourth-order valence-electron chi connectivity index (χ4n) is 2.92. The summed E-state index contributed by atoms with van der Waals surface area (Å²) in [6.07, 6.45) is 0. The van der Waals surface area contributed by atoms with Crippen LogP contribution >= 0.6 is 11.6 Å². The van der Waals surface area contributed by atoms with Gasteiger partial charge in [-0.05, 0) is 24.3 Å². The van der Waals surface area contributed by atoms with Gasteiger partial charge in [-0.15, -0.1) is 0 Å². The van der Waals surface area contributed by atoms with E-state index in [1.54, 1.807) is 47.4 Å². The minimum atomic E-state index is -0.952. The lowest BCUT2D eigenvalue weighted by Crippen LogP contribution is -2.50. The summed E-state index contributed by atoms with van der Waals surface area (Å²) in [5.41, 5.74) is 0.953. The third kappa shape index (κ3) is 4.08. The molecule has 2 aromatic rings. The van der Waals surface area contributed by atoms with E-state index in [2.05, 4.69) is 0 Å². The highest BCUT2D eigenvalue weighted by Crippen LogP contribution is 2.24. The maximum Gasteiger partial charge on any atom is 0.337 e. The first-order chi connectivity index (χ1) is 12.6. The Morgan fingerprint density at radius 1 is 1.00 bits per heavy atom. The number of hydrogen-bond donors (Lipinski definition) is 1. The highest BCUT2D eigenvalue weighted by atomic mass is 35.5. The van der Waals surface area contributed by atoms with Crippen LogP contribution in [-0.4, -0.2) is 54.7 Å². The molecule has 3 rings (SSSR count). The van der Waals surface area contributed by atoms with E-state index < -0.39 is 5.97 Å². The summed E-state index contributed by atoms with van der Waals surface area (Å²) in [4.78, 5) is 27.4. The largest absolute Gasteiger partial charge is 0.482 e. The Kier molecular flexibility index (Phi) is 5.63. The Balaban J connectivity index is 1.56. The molecule has 7 heteroatoms. The molecule has 136 valence electrons.